The average Bonchev–Trinajstić information content (AvgIpc) is 2.83. The third-order valence-electron chi connectivity index (χ3n) is 2.07. The fraction of sp³-hybridized carbons (Fsp3) is 0.375. The average molecular weight is 352 g/mol. The lowest BCUT2D eigenvalue weighted by atomic mass is 10.6. The lowest BCUT2D eigenvalue weighted by Crippen LogP contribution is -2.25. The minimum atomic E-state index is -3.66. The molecule has 0 aliphatic heterocycles. The minimum absolute atomic E-state index is 0.00391. The molecule has 2 aromatic heterocycles. The first kappa shape index (κ1) is 13.6. The molecule has 0 amide bonds. The zero-order valence-electron chi connectivity index (χ0n) is 9.58. The number of rotatable bonds is 4. The molecule has 0 aromatic carbocycles. The van der Waals surface area contributed by atoms with Crippen molar-refractivity contribution in [3.8, 4) is 0 Å². The van der Waals surface area contributed by atoms with E-state index in [0.29, 0.717) is 5.01 Å². The van der Waals surface area contributed by atoms with Gasteiger partial charge >= 0.3 is 0 Å². The number of hydrogen-bond donors (Lipinski definition) is 1. The van der Waals surface area contributed by atoms with Crippen molar-refractivity contribution in [3.63, 3.8) is 0 Å². The van der Waals surface area contributed by atoms with Crippen LogP contribution in [0.25, 0.3) is 0 Å². The molecule has 18 heavy (non-hydrogen) atoms. The number of aromatic nitrogens is 4. The van der Waals surface area contributed by atoms with Crippen LogP contribution in [0.1, 0.15) is 10.7 Å². The molecule has 2 rings (SSSR count). The molecular weight excluding hydrogens is 342 g/mol. The maximum Gasteiger partial charge on any atom is 0.260 e. The van der Waals surface area contributed by atoms with Gasteiger partial charge in [-0.2, -0.15) is 0 Å². The number of nitrogens with zero attached hydrogens (tertiary/aromatic N) is 4. The van der Waals surface area contributed by atoms with Crippen molar-refractivity contribution < 1.29 is 8.42 Å². The Morgan fingerprint density at radius 3 is 2.78 bits per heavy atom. The first-order chi connectivity index (χ1) is 8.40. The Hall–Kier alpha value is -0.840. The summed E-state index contributed by atoms with van der Waals surface area (Å²) in [5.41, 5.74) is 0.873. The third kappa shape index (κ3) is 2.76. The Bertz CT molecular complexity index is 643. The predicted octanol–water partition coefficient (Wildman–Crippen LogP) is 0.821. The summed E-state index contributed by atoms with van der Waals surface area (Å²) in [6.45, 7) is 2.01. The number of aryl methyl sites for hydroxylation is 2. The van der Waals surface area contributed by atoms with Crippen molar-refractivity contribution in [2.75, 3.05) is 0 Å². The zero-order valence-corrected chi connectivity index (χ0v) is 12.8. The smallest absolute Gasteiger partial charge is 0.245 e. The van der Waals surface area contributed by atoms with Crippen LogP contribution >= 0.6 is 27.3 Å². The second-order valence-electron chi connectivity index (χ2n) is 3.52. The van der Waals surface area contributed by atoms with Crippen molar-refractivity contribution in [1.82, 2.24) is 24.7 Å². The highest BCUT2D eigenvalue weighted by molar-refractivity contribution is 9.10. The van der Waals surface area contributed by atoms with E-state index in [1.807, 2.05) is 12.3 Å². The maximum absolute atomic E-state index is 12.0. The van der Waals surface area contributed by atoms with Gasteiger partial charge < -0.3 is 0 Å². The van der Waals surface area contributed by atoms with Crippen molar-refractivity contribution in [1.29, 1.82) is 0 Å². The van der Waals surface area contributed by atoms with Gasteiger partial charge in [0.1, 0.15) is 5.01 Å². The van der Waals surface area contributed by atoms with E-state index in [2.05, 4.69) is 35.9 Å². The molecule has 0 radical (unpaired) electrons. The topological polar surface area (TPSA) is 89.8 Å². The molecule has 0 atom stereocenters. The molecule has 98 valence electrons. The number of thiazole rings is 1. The van der Waals surface area contributed by atoms with E-state index < -0.39 is 10.0 Å². The normalized spacial score (nSPS) is 11.9. The van der Waals surface area contributed by atoms with Gasteiger partial charge in [-0.25, -0.2) is 22.8 Å². The van der Waals surface area contributed by atoms with E-state index in [0.717, 1.165) is 5.69 Å². The Morgan fingerprint density at radius 1 is 1.56 bits per heavy atom. The standard InChI is InChI=1S/C8H10BrN5O2S2/c1-5-4-17-6(11-5)3-10-18(15,16)8-7(9)12-13-14(8)2/h4,10H,3H2,1-2H3. The fourth-order valence-corrected chi connectivity index (χ4v) is 4.20. The van der Waals surface area contributed by atoms with Gasteiger partial charge in [-0.15, -0.1) is 16.4 Å². The molecule has 7 nitrogen and oxygen atoms in total. The van der Waals surface area contributed by atoms with E-state index in [4.69, 9.17) is 0 Å². The molecule has 10 heteroatoms. The van der Waals surface area contributed by atoms with Crippen molar-refractivity contribution >= 4 is 37.3 Å². The minimum Gasteiger partial charge on any atom is -0.245 e. The molecule has 0 unspecified atom stereocenters. The summed E-state index contributed by atoms with van der Waals surface area (Å²) in [7, 11) is -2.15. The first-order valence-electron chi connectivity index (χ1n) is 4.86. The molecule has 0 fully saturated rings. The number of hydrogen-bond acceptors (Lipinski definition) is 6. The van der Waals surface area contributed by atoms with Crippen LogP contribution in [0.15, 0.2) is 15.0 Å². The zero-order chi connectivity index (χ0) is 13.3. The summed E-state index contributed by atoms with van der Waals surface area (Å²) in [5, 5.41) is 9.84. The summed E-state index contributed by atoms with van der Waals surface area (Å²) < 4.78 is 27.9. The molecule has 0 aliphatic rings. The molecule has 0 saturated heterocycles. The Labute approximate surface area is 116 Å². The molecule has 1 N–H and O–H groups in total. The number of halogens is 1. The lowest BCUT2D eigenvalue weighted by molar-refractivity contribution is 0.560. The van der Waals surface area contributed by atoms with Crippen molar-refractivity contribution in [2.45, 2.75) is 18.5 Å². The molecule has 2 heterocycles. The van der Waals surface area contributed by atoms with Gasteiger partial charge in [0.25, 0.3) is 10.0 Å². The molecule has 0 bridgehead atoms. The SMILES string of the molecule is Cc1csc(CNS(=O)(=O)c2c(Br)nnn2C)n1. The fourth-order valence-electron chi connectivity index (χ4n) is 1.32. The van der Waals surface area contributed by atoms with Gasteiger partial charge in [0.05, 0.1) is 6.54 Å². The van der Waals surface area contributed by atoms with Crippen LogP contribution in [0.4, 0.5) is 0 Å². The van der Waals surface area contributed by atoms with Gasteiger partial charge in [0.2, 0.25) is 5.03 Å². The summed E-state index contributed by atoms with van der Waals surface area (Å²) in [6, 6.07) is 0. The van der Waals surface area contributed by atoms with E-state index >= 15 is 0 Å². The molecule has 2 aromatic rings. The second-order valence-corrected chi connectivity index (χ2v) is 6.89. The monoisotopic (exact) mass is 351 g/mol. The quantitative estimate of drug-likeness (QED) is 0.880. The second kappa shape index (κ2) is 5.03. The van der Waals surface area contributed by atoms with Crippen LogP contribution in [0.5, 0.6) is 0 Å². The van der Waals surface area contributed by atoms with E-state index in [9.17, 15) is 8.42 Å². The van der Waals surface area contributed by atoms with Crippen molar-refractivity contribution in [3.05, 3.63) is 20.7 Å². The van der Waals surface area contributed by atoms with E-state index in [1.54, 1.807) is 0 Å². The molecule has 0 saturated carbocycles. The summed E-state index contributed by atoms with van der Waals surface area (Å²) in [4.78, 5) is 4.18. The summed E-state index contributed by atoms with van der Waals surface area (Å²) in [6.07, 6.45) is 0. The highest BCUT2D eigenvalue weighted by atomic mass is 79.9. The summed E-state index contributed by atoms with van der Waals surface area (Å²) in [5.74, 6) is 0. The Morgan fingerprint density at radius 2 is 2.28 bits per heavy atom. The Kier molecular flexibility index (Phi) is 3.80. The summed E-state index contributed by atoms with van der Waals surface area (Å²) >= 11 is 4.46. The van der Waals surface area contributed by atoms with Crippen LogP contribution in [-0.2, 0) is 23.6 Å². The third-order valence-corrected chi connectivity index (χ3v) is 5.33. The van der Waals surface area contributed by atoms with Gasteiger partial charge in [-0.05, 0) is 22.9 Å². The highest BCUT2D eigenvalue weighted by Gasteiger charge is 2.23. The number of sulfonamides is 1. The molecular formula is C8H10BrN5O2S2. The predicted molar refractivity (Wildman–Crippen MR) is 69.6 cm³/mol. The molecule has 0 aliphatic carbocycles. The van der Waals surface area contributed by atoms with Crippen molar-refractivity contribution in [2.24, 2.45) is 7.05 Å². The first-order valence-corrected chi connectivity index (χ1v) is 8.01. The van der Waals surface area contributed by atoms with Gasteiger partial charge in [-0.1, -0.05) is 5.21 Å². The lowest BCUT2D eigenvalue weighted by Gasteiger charge is -2.04. The van der Waals surface area contributed by atoms with Gasteiger partial charge in [0, 0.05) is 18.1 Å². The van der Waals surface area contributed by atoms with E-state index in [-0.39, 0.29) is 16.2 Å². The van der Waals surface area contributed by atoms with Gasteiger partial charge in [-0.3, -0.25) is 0 Å². The van der Waals surface area contributed by atoms with Crippen LogP contribution in [0.2, 0.25) is 0 Å². The van der Waals surface area contributed by atoms with Crippen LogP contribution < -0.4 is 4.72 Å². The maximum atomic E-state index is 12.0. The van der Waals surface area contributed by atoms with Crippen LogP contribution in [-0.4, -0.2) is 28.4 Å². The van der Waals surface area contributed by atoms with E-state index in [1.165, 1.54) is 23.1 Å². The Balaban J connectivity index is 2.18. The highest BCUT2D eigenvalue weighted by Crippen LogP contribution is 2.18. The van der Waals surface area contributed by atoms with Gasteiger partial charge in [0.15, 0.2) is 4.60 Å². The molecule has 0 spiro atoms. The van der Waals surface area contributed by atoms with Crippen LogP contribution in [0.3, 0.4) is 0 Å². The largest absolute Gasteiger partial charge is 0.260 e. The van der Waals surface area contributed by atoms with Crippen LogP contribution in [0, 0.1) is 6.92 Å². The number of nitrogens with one attached hydrogen (secondary N) is 1.